The molecule has 0 aliphatic carbocycles. The van der Waals surface area contributed by atoms with E-state index in [1.807, 2.05) is 6.07 Å². The van der Waals surface area contributed by atoms with Crippen molar-refractivity contribution >= 4 is 63.5 Å². The number of anilines is 5. The van der Waals surface area contributed by atoms with Crippen molar-refractivity contribution in [1.82, 2.24) is 0 Å². The van der Waals surface area contributed by atoms with Crippen LogP contribution in [0.1, 0.15) is 33.4 Å². The Morgan fingerprint density at radius 3 is 1.29 bits per heavy atom. The Kier molecular flexibility index (Phi) is 9.21. The molecule has 0 fully saturated rings. The number of hydrogen-bond donors (Lipinski definition) is 0. The highest BCUT2D eigenvalue weighted by Gasteiger charge is 2.12. The van der Waals surface area contributed by atoms with Gasteiger partial charge in [0.15, 0.2) is 0 Å². The quantitative estimate of drug-likeness (QED) is 0.146. The third-order valence-electron chi connectivity index (χ3n) is 9.16. The van der Waals surface area contributed by atoms with Crippen LogP contribution in [0, 0.1) is 13.8 Å². The first-order valence-corrected chi connectivity index (χ1v) is 16.8. The zero-order valence-corrected chi connectivity index (χ0v) is 28.3. The van der Waals surface area contributed by atoms with Gasteiger partial charge in [0.1, 0.15) is 0 Å². The topological polar surface area (TPSA) is 6.48 Å². The fourth-order valence-electron chi connectivity index (χ4n) is 6.11. The van der Waals surface area contributed by atoms with E-state index in [4.69, 9.17) is 0 Å². The van der Waals surface area contributed by atoms with E-state index in [9.17, 15) is 0 Å². The van der Waals surface area contributed by atoms with Crippen molar-refractivity contribution in [3.8, 4) is 0 Å². The summed E-state index contributed by atoms with van der Waals surface area (Å²) in [7, 11) is 2.10. The molecule has 0 atom stereocenters. The molecule has 2 nitrogen and oxygen atoms in total. The van der Waals surface area contributed by atoms with Gasteiger partial charge in [0.25, 0.3) is 0 Å². The second-order valence-corrected chi connectivity index (χ2v) is 12.5. The number of rotatable bonds is 9. The van der Waals surface area contributed by atoms with Crippen LogP contribution in [0.2, 0.25) is 0 Å². The van der Waals surface area contributed by atoms with E-state index in [0.29, 0.717) is 0 Å². The molecule has 0 saturated carbocycles. The average molecular weight is 633 g/mol. The molecule has 0 N–H and O–H groups in total. The first-order valence-electron chi connectivity index (χ1n) is 16.8. The van der Waals surface area contributed by atoms with Crippen LogP contribution in [0.25, 0.3) is 35.1 Å². The summed E-state index contributed by atoms with van der Waals surface area (Å²) in [5, 5.41) is 2.46. The molecule has 7 aromatic carbocycles. The standard InChI is InChI=1S/C47H40N2/c1-35-14-27-47(32-36(35)2)49(45-12-8-5-9-13-45)46-30-23-38(24-31-46)16-18-40-20-26-41-33-39(19-25-42(41)34-40)17-15-37-21-28-44(29-22-37)48(3)43-10-6-4-7-11-43/h4-34H,1-3H3. The third-order valence-corrected chi connectivity index (χ3v) is 9.16. The zero-order chi connectivity index (χ0) is 33.6. The van der Waals surface area contributed by atoms with Gasteiger partial charge in [-0.05, 0) is 131 Å². The maximum absolute atomic E-state index is 2.31. The largest absolute Gasteiger partial charge is 0.345 e. The molecule has 7 aromatic rings. The summed E-state index contributed by atoms with van der Waals surface area (Å²) < 4.78 is 0. The zero-order valence-electron chi connectivity index (χ0n) is 28.3. The van der Waals surface area contributed by atoms with Gasteiger partial charge in [-0.3, -0.25) is 0 Å². The van der Waals surface area contributed by atoms with E-state index in [2.05, 4.69) is 213 Å². The fourth-order valence-corrected chi connectivity index (χ4v) is 6.11. The van der Waals surface area contributed by atoms with Crippen molar-refractivity contribution < 1.29 is 0 Å². The van der Waals surface area contributed by atoms with E-state index in [0.717, 1.165) is 22.6 Å². The summed E-state index contributed by atoms with van der Waals surface area (Å²) in [4.78, 5) is 4.51. The maximum Gasteiger partial charge on any atom is 0.0464 e. The smallest absolute Gasteiger partial charge is 0.0464 e. The van der Waals surface area contributed by atoms with Gasteiger partial charge in [0.2, 0.25) is 0 Å². The SMILES string of the molecule is Cc1ccc(N(c2ccccc2)c2ccc(C=Cc3ccc4cc(C=Cc5ccc(N(C)c6ccccc6)cc5)ccc4c3)cc2)cc1C. The van der Waals surface area contributed by atoms with Crippen molar-refractivity contribution in [1.29, 1.82) is 0 Å². The molecule has 0 aliphatic heterocycles. The van der Waals surface area contributed by atoms with E-state index >= 15 is 0 Å². The lowest BCUT2D eigenvalue weighted by Crippen LogP contribution is -2.10. The second-order valence-electron chi connectivity index (χ2n) is 12.5. The van der Waals surface area contributed by atoms with Gasteiger partial charge >= 0.3 is 0 Å². The predicted molar refractivity (Wildman–Crippen MR) is 213 cm³/mol. The Hall–Kier alpha value is -6.12. The van der Waals surface area contributed by atoms with E-state index < -0.39 is 0 Å². The molecule has 0 unspecified atom stereocenters. The lowest BCUT2D eigenvalue weighted by molar-refractivity contribution is 1.21. The molecule has 2 heteroatoms. The van der Waals surface area contributed by atoms with Crippen LogP contribution in [-0.4, -0.2) is 7.05 Å². The molecule has 0 amide bonds. The molecule has 0 aliphatic rings. The number of benzene rings is 7. The Morgan fingerprint density at radius 1 is 0.347 bits per heavy atom. The summed E-state index contributed by atoms with van der Waals surface area (Å²) in [6.07, 6.45) is 8.75. The number of nitrogens with zero attached hydrogens (tertiary/aromatic N) is 2. The van der Waals surface area contributed by atoms with Crippen molar-refractivity contribution in [2.75, 3.05) is 16.8 Å². The molecule has 7 rings (SSSR count). The Labute approximate surface area is 290 Å². The minimum atomic E-state index is 1.13. The number of hydrogen-bond acceptors (Lipinski definition) is 2. The minimum Gasteiger partial charge on any atom is -0.345 e. The lowest BCUT2D eigenvalue weighted by Gasteiger charge is -2.26. The van der Waals surface area contributed by atoms with Crippen LogP contribution in [0.5, 0.6) is 0 Å². The lowest BCUT2D eigenvalue weighted by atomic mass is 10.0. The van der Waals surface area contributed by atoms with Gasteiger partial charge in [-0.1, -0.05) is 115 Å². The molecule has 0 bridgehead atoms. The van der Waals surface area contributed by atoms with Crippen LogP contribution in [-0.2, 0) is 0 Å². The normalized spacial score (nSPS) is 11.4. The highest BCUT2D eigenvalue weighted by molar-refractivity contribution is 5.89. The van der Waals surface area contributed by atoms with Crippen LogP contribution in [0.4, 0.5) is 28.4 Å². The average Bonchev–Trinajstić information content (AvgIpc) is 3.16. The van der Waals surface area contributed by atoms with Gasteiger partial charge in [-0.2, -0.15) is 0 Å². The molecular weight excluding hydrogens is 593 g/mol. The maximum atomic E-state index is 2.31. The summed E-state index contributed by atoms with van der Waals surface area (Å²) in [6, 6.07) is 58.4. The predicted octanol–water partition coefficient (Wildman–Crippen LogP) is 13.0. The van der Waals surface area contributed by atoms with Gasteiger partial charge in [-0.25, -0.2) is 0 Å². The first kappa shape index (κ1) is 31.5. The molecule has 238 valence electrons. The molecule has 0 spiro atoms. The highest BCUT2D eigenvalue weighted by atomic mass is 15.1. The molecule has 0 radical (unpaired) electrons. The van der Waals surface area contributed by atoms with Crippen LogP contribution in [0.15, 0.2) is 164 Å². The molecule has 49 heavy (non-hydrogen) atoms. The molecule has 0 heterocycles. The summed E-state index contributed by atoms with van der Waals surface area (Å²) >= 11 is 0. The molecule has 0 saturated heterocycles. The third kappa shape index (κ3) is 7.40. The molecule has 0 aromatic heterocycles. The molecular formula is C47H40N2. The Bertz CT molecular complexity index is 2230. The van der Waals surface area contributed by atoms with Crippen molar-refractivity contribution in [2.24, 2.45) is 0 Å². The Balaban J connectivity index is 1.03. The first-order chi connectivity index (χ1) is 24.0. The Morgan fingerprint density at radius 2 is 0.755 bits per heavy atom. The number of aryl methyl sites for hydroxylation is 2. The van der Waals surface area contributed by atoms with Crippen LogP contribution >= 0.6 is 0 Å². The minimum absolute atomic E-state index is 1.13. The van der Waals surface area contributed by atoms with Crippen molar-refractivity contribution in [2.45, 2.75) is 13.8 Å². The van der Waals surface area contributed by atoms with Gasteiger partial charge in [0, 0.05) is 35.5 Å². The van der Waals surface area contributed by atoms with Gasteiger partial charge < -0.3 is 9.80 Å². The summed E-state index contributed by atoms with van der Waals surface area (Å²) in [6.45, 7) is 4.33. The van der Waals surface area contributed by atoms with Gasteiger partial charge in [-0.15, -0.1) is 0 Å². The highest BCUT2D eigenvalue weighted by Crippen LogP contribution is 2.35. The second kappa shape index (κ2) is 14.3. The van der Waals surface area contributed by atoms with Gasteiger partial charge in [0.05, 0.1) is 0 Å². The van der Waals surface area contributed by atoms with Crippen molar-refractivity contribution in [3.05, 3.63) is 197 Å². The van der Waals surface area contributed by atoms with Crippen molar-refractivity contribution in [3.63, 3.8) is 0 Å². The van der Waals surface area contributed by atoms with Crippen LogP contribution in [0.3, 0.4) is 0 Å². The summed E-state index contributed by atoms with van der Waals surface area (Å²) in [5.41, 5.74) is 13.1. The van der Waals surface area contributed by atoms with E-state index in [-0.39, 0.29) is 0 Å². The number of para-hydroxylation sites is 2. The fraction of sp³-hybridized carbons (Fsp3) is 0.0638. The van der Waals surface area contributed by atoms with E-state index in [1.165, 1.54) is 50.0 Å². The monoisotopic (exact) mass is 632 g/mol. The number of fused-ring (bicyclic) bond motifs is 1. The van der Waals surface area contributed by atoms with E-state index in [1.54, 1.807) is 0 Å². The summed E-state index contributed by atoms with van der Waals surface area (Å²) in [5.74, 6) is 0. The van der Waals surface area contributed by atoms with Crippen LogP contribution < -0.4 is 9.80 Å².